The molecule has 2 aromatic rings. The first-order chi connectivity index (χ1) is 12.1. The highest BCUT2D eigenvalue weighted by atomic mass is 32.1. The van der Waals surface area contributed by atoms with E-state index in [2.05, 4.69) is 16.0 Å². The molecule has 2 heterocycles. The number of thiazole rings is 1. The van der Waals surface area contributed by atoms with E-state index in [1.54, 1.807) is 0 Å². The molecule has 0 saturated carbocycles. The van der Waals surface area contributed by atoms with Gasteiger partial charge in [0.25, 0.3) is 0 Å². The summed E-state index contributed by atoms with van der Waals surface area (Å²) in [6, 6.07) is 8.09. The summed E-state index contributed by atoms with van der Waals surface area (Å²) in [5.74, 6) is 1.08. The average molecular weight is 378 g/mol. The van der Waals surface area contributed by atoms with Gasteiger partial charge in [-0.2, -0.15) is 0 Å². The van der Waals surface area contributed by atoms with Crippen molar-refractivity contribution in [3.8, 4) is 5.75 Å². The number of anilines is 1. The van der Waals surface area contributed by atoms with E-state index in [4.69, 9.17) is 17.0 Å². The maximum Gasteiger partial charge on any atom is 0.228 e. The van der Waals surface area contributed by atoms with Gasteiger partial charge in [0, 0.05) is 36.8 Å². The van der Waals surface area contributed by atoms with Gasteiger partial charge >= 0.3 is 0 Å². The lowest BCUT2D eigenvalue weighted by Crippen LogP contribution is -2.49. The van der Waals surface area contributed by atoms with Crippen molar-refractivity contribution in [2.75, 3.05) is 37.7 Å². The molecule has 25 heavy (non-hydrogen) atoms. The lowest BCUT2D eigenvalue weighted by atomic mass is 10.2. The zero-order valence-corrected chi connectivity index (χ0v) is 16.2. The second-order valence-corrected chi connectivity index (χ2v) is 7.78. The highest BCUT2D eigenvalue weighted by Crippen LogP contribution is 2.29. The molecule has 1 amide bonds. The third-order valence-corrected chi connectivity index (χ3v) is 5.71. The topological polar surface area (TPSA) is 48.6 Å². The molecule has 7 heteroatoms. The highest BCUT2D eigenvalue weighted by molar-refractivity contribution is 7.73. The lowest BCUT2D eigenvalue weighted by molar-refractivity contribution is -0.130. The number of hydrogen-bond acceptors (Lipinski definition) is 5. The summed E-state index contributed by atoms with van der Waals surface area (Å²) in [6.07, 6.45) is 0.430. The van der Waals surface area contributed by atoms with Crippen molar-refractivity contribution >= 4 is 35.1 Å². The van der Waals surface area contributed by atoms with E-state index in [1.807, 2.05) is 36.9 Å². The number of nitrogens with zero attached hydrogens (tertiary/aromatic N) is 2. The number of carbonyl (C=O) groups is 1. The van der Waals surface area contributed by atoms with Gasteiger partial charge in [-0.15, -0.1) is 11.3 Å². The molecule has 0 atom stereocenters. The fraction of sp³-hybridized carbons (Fsp3) is 0.444. The van der Waals surface area contributed by atoms with Crippen LogP contribution in [0.2, 0.25) is 0 Å². The minimum atomic E-state index is 0.172. The predicted octanol–water partition coefficient (Wildman–Crippen LogP) is 3.40. The van der Waals surface area contributed by atoms with E-state index in [0.717, 1.165) is 52.1 Å². The van der Waals surface area contributed by atoms with Crippen LogP contribution in [0, 0.1) is 10.9 Å². The zero-order valence-electron chi connectivity index (χ0n) is 14.6. The van der Waals surface area contributed by atoms with Crippen LogP contribution in [0.3, 0.4) is 0 Å². The molecule has 1 aliphatic rings. The van der Waals surface area contributed by atoms with E-state index in [1.165, 1.54) is 11.3 Å². The quantitative estimate of drug-likeness (QED) is 0.812. The van der Waals surface area contributed by atoms with E-state index in [-0.39, 0.29) is 5.91 Å². The number of benzene rings is 1. The molecular weight excluding hydrogens is 354 g/mol. The molecule has 0 aliphatic carbocycles. The van der Waals surface area contributed by atoms with E-state index in [0.29, 0.717) is 13.0 Å². The number of H-pyrrole nitrogens is 1. The van der Waals surface area contributed by atoms with Crippen LogP contribution in [0.5, 0.6) is 5.75 Å². The Morgan fingerprint density at radius 2 is 2.00 bits per heavy atom. The highest BCUT2D eigenvalue weighted by Gasteiger charge is 2.23. The fourth-order valence-electron chi connectivity index (χ4n) is 3.05. The molecule has 134 valence electrons. The number of hydrogen-bond donors (Lipinski definition) is 1. The molecule has 0 bridgehead atoms. The van der Waals surface area contributed by atoms with Crippen LogP contribution in [0.4, 0.5) is 5.69 Å². The van der Waals surface area contributed by atoms with Crippen LogP contribution in [0.1, 0.15) is 17.5 Å². The Morgan fingerprint density at radius 1 is 1.28 bits per heavy atom. The van der Waals surface area contributed by atoms with E-state index >= 15 is 0 Å². The van der Waals surface area contributed by atoms with Gasteiger partial charge < -0.3 is 19.5 Å². The van der Waals surface area contributed by atoms with E-state index in [9.17, 15) is 4.79 Å². The summed E-state index contributed by atoms with van der Waals surface area (Å²) in [7, 11) is 0. The first-order valence-corrected chi connectivity index (χ1v) is 9.74. The summed E-state index contributed by atoms with van der Waals surface area (Å²) in [6.45, 7) is 7.71. The smallest absolute Gasteiger partial charge is 0.228 e. The summed E-state index contributed by atoms with van der Waals surface area (Å²) < 4.78 is 6.46. The summed E-state index contributed by atoms with van der Waals surface area (Å²) >= 11 is 6.65. The Bertz CT molecular complexity index is 792. The molecule has 1 fully saturated rings. The molecule has 1 aromatic carbocycles. The van der Waals surface area contributed by atoms with E-state index < -0.39 is 0 Å². The minimum Gasteiger partial charge on any atom is -0.492 e. The number of rotatable bonds is 5. The summed E-state index contributed by atoms with van der Waals surface area (Å²) in [4.78, 5) is 21.0. The Morgan fingerprint density at radius 3 is 2.64 bits per heavy atom. The van der Waals surface area contributed by atoms with Gasteiger partial charge in [-0.25, -0.2) is 0 Å². The van der Waals surface area contributed by atoms with Gasteiger partial charge in [0.05, 0.1) is 18.7 Å². The number of aryl methyl sites for hydroxylation is 1. The number of para-hydroxylation sites is 2. The third kappa shape index (κ3) is 4.22. The summed E-state index contributed by atoms with van der Waals surface area (Å²) in [5.41, 5.74) is 2.11. The number of amides is 1. The van der Waals surface area contributed by atoms with Gasteiger partial charge in [-0.1, -0.05) is 12.1 Å². The van der Waals surface area contributed by atoms with Gasteiger partial charge in [-0.3, -0.25) is 4.79 Å². The minimum absolute atomic E-state index is 0.172. The zero-order chi connectivity index (χ0) is 17.8. The van der Waals surface area contributed by atoms with Crippen molar-refractivity contribution in [3.63, 3.8) is 0 Å². The molecule has 3 rings (SSSR count). The van der Waals surface area contributed by atoms with Crippen LogP contribution in [0.25, 0.3) is 0 Å². The largest absolute Gasteiger partial charge is 0.492 e. The average Bonchev–Trinajstić information content (AvgIpc) is 2.93. The molecular formula is C18H23N3O2S2. The summed E-state index contributed by atoms with van der Waals surface area (Å²) in [5, 5.41) is 0. The van der Waals surface area contributed by atoms with Crippen molar-refractivity contribution in [2.24, 2.45) is 0 Å². The Kier molecular flexibility index (Phi) is 5.75. The number of carbonyl (C=O) groups excluding carboxylic acids is 1. The molecule has 0 radical (unpaired) electrons. The standard InChI is InChI=1S/C18H23N3O2S2/c1-3-23-15-7-5-4-6-14(15)20-8-10-21(11-9-20)17(22)12-16-13(2)19-18(24)25-16/h4-7H,3,8-12H2,1-2H3,(H,19,24). The Balaban J connectivity index is 1.61. The van der Waals surface area contributed by atoms with Crippen molar-refractivity contribution in [3.05, 3.63) is 38.8 Å². The molecule has 1 saturated heterocycles. The van der Waals surface area contributed by atoms with Crippen molar-refractivity contribution in [1.82, 2.24) is 9.88 Å². The van der Waals surface area contributed by atoms with Gasteiger partial charge in [0.1, 0.15) is 5.75 Å². The Hall–Kier alpha value is -1.86. The molecule has 1 aromatic heterocycles. The Labute approximate surface area is 157 Å². The second-order valence-electron chi connectivity index (χ2n) is 6.01. The van der Waals surface area contributed by atoms with Gasteiger partial charge in [0.15, 0.2) is 3.95 Å². The number of aromatic amines is 1. The maximum atomic E-state index is 12.6. The van der Waals surface area contributed by atoms with Gasteiger partial charge in [-0.05, 0) is 38.2 Å². The van der Waals surface area contributed by atoms with Crippen LogP contribution in [-0.2, 0) is 11.2 Å². The van der Waals surface area contributed by atoms with Crippen LogP contribution >= 0.6 is 23.6 Å². The lowest BCUT2D eigenvalue weighted by Gasteiger charge is -2.36. The molecule has 5 nitrogen and oxygen atoms in total. The predicted molar refractivity (Wildman–Crippen MR) is 104 cm³/mol. The molecule has 0 unspecified atom stereocenters. The van der Waals surface area contributed by atoms with Crippen molar-refractivity contribution in [1.29, 1.82) is 0 Å². The number of nitrogens with one attached hydrogen (secondary N) is 1. The maximum absolute atomic E-state index is 12.6. The normalized spacial score (nSPS) is 14.6. The van der Waals surface area contributed by atoms with Gasteiger partial charge in [0.2, 0.25) is 5.91 Å². The number of aromatic nitrogens is 1. The third-order valence-electron chi connectivity index (χ3n) is 4.37. The van der Waals surface area contributed by atoms with Crippen LogP contribution in [0.15, 0.2) is 24.3 Å². The number of ether oxygens (including phenoxy) is 1. The first kappa shape index (κ1) is 17.9. The van der Waals surface area contributed by atoms with Crippen LogP contribution < -0.4 is 9.64 Å². The number of piperazine rings is 1. The first-order valence-electron chi connectivity index (χ1n) is 8.51. The van der Waals surface area contributed by atoms with Crippen molar-refractivity contribution < 1.29 is 9.53 Å². The van der Waals surface area contributed by atoms with Crippen LogP contribution in [-0.4, -0.2) is 48.6 Å². The molecule has 0 spiro atoms. The second kappa shape index (κ2) is 8.01. The molecule has 1 aliphatic heterocycles. The monoisotopic (exact) mass is 377 g/mol. The molecule has 1 N–H and O–H groups in total. The van der Waals surface area contributed by atoms with Crippen molar-refractivity contribution in [2.45, 2.75) is 20.3 Å². The fourth-order valence-corrected chi connectivity index (χ4v) is 4.33. The SMILES string of the molecule is CCOc1ccccc1N1CCN(C(=O)Cc2sc(=S)[nH]c2C)CC1.